The minimum absolute atomic E-state index is 0.332. The van der Waals surface area contributed by atoms with Gasteiger partial charge in [0.25, 0.3) is 0 Å². The van der Waals surface area contributed by atoms with E-state index in [1.807, 2.05) is 35.7 Å². The number of carbonyl (C=O) groups excluding carboxylic acids is 1. The minimum Gasteiger partial charge on any atom is -0.463 e. The molecule has 0 aliphatic rings. The lowest BCUT2D eigenvalue weighted by molar-refractivity contribution is -0.137. The van der Waals surface area contributed by atoms with E-state index in [-0.39, 0.29) is 5.97 Å². The van der Waals surface area contributed by atoms with Crippen LogP contribution in [0.3, 0.4) is 0 Å². The fourth-order valence-corrected chi connectivity index (χ4v) is 1.63. The number of nitrogens with zero attached hydrogens (tertiary/aromatic N) is 2. The quantitative estimate of drug-likeness (QED) is 0.600. The third-order valence-corrected chi connectivity index (χ3v) is 2.32. The fraction of sp³-hybridized carbons (Fsp3) is 0.231. The third kappa shape index (κ3) is 2.53. The first-order chi connectivity index (χ1) is 8.20. The van der Waals surface area contributed by atoms with Crippen molar-refractivity contribution in [1.82, 2.24) is 9.38 Å². The Morgan fingerprint density at radius 3 is 3.12 bits per heavy atom. The molecule has 0 radical (unpaired) electrons. The van der Waals surface area contributed by atoms with Gasteiger partial charge in [-0.2, -0.15) is 0 Å². The summed E-state index contributed by atoms with van der Waals surface area (Å²) in [4.78, 5) is 15.6. The van der Waals surface area contributed by atoms with Crippen molar-refractivity contribution in [3.05, 3.63) is 41.9 Å². The van der Waals surface area contributed by atoms with E-state index in [1.54, 1.807) is 13.0 Å². The molecule has 0 aromatic carbocycles. The van der Waals surface area contributed by atoms with Crippen LogP contribution < -0.4 is 0 Å². The van der Waals surface area contributed by atoms with E-state index in [0.29, 0.717) is 6.61 Å². The lowest BCUT2D eigenvalue weighted by Crippen LogP contribution is -1.99. The van der Waals surface area contributed by atoms with Crippen molar-refractivity contribution in [3.63, 3.8) is 0 Å². The molecule has 0 saturated heterocycles. The van der Waals surface area contributed by atoms with E-state index in [4.69, 9.17) is 4.74 Å². The normalized spacial score (nSPS) is 11.2. The number of pyridine rings is 1. The van der Waals surface area contributed by atoms with Crippen LogP contribution in [0, 0.1) is 6.92 Å². The Morgan fingerprint density at radius 1 is 1.53 bits per heavy atom. The maximum absolute atomic E-state index is 11.2. The van der Waals surface area contributed by atoms with Gasteiger partial charge in [-0.05, 0) is 32.1 Å². The molecule has 2 aromatic heterocycles. The second-order valence-electron chi connectivity index (χ2n) is 3.65. The number of ether oxygens (including phenoxy) is 1. The van der Waals surface area contributed by atoms with Crippen molar-refractivity contribution in [3.8, 4) is 0 Å². The molecule has 0 aliphatic carbocycles. The molecular formula is C13H14N2O2. The van der Waals surface area contributed by atoms with Gasteiger partial charge in [-0.15, -0.1) is 0 Å². The second kappa shape index (κ2) is 4.82. The Balaban J connectivity index is 2.32. The number of aromatic nitrogens is 2. The molecule has 2 aromatic rings. The smallest absolute Gasteiger partial charge is 0.330 e. The van der Waals surface area contributed by atoms with Crippen LogP contribution in [-0.2, 0) is 9.53 Å². The maximum atomic E-state index is 11.2. The fourth-order valence-electron chi connectivity index (χ4n) is 1.63. The molecule has 4 nitrogen and oxygen atoms in total. The zero-order valence-electron chi connectivity index (χ0n) is 9.88. The van der Waals surface area contributed by atoms with E-state index in [2.05, 4.69) is 4.98 Å². The average molecular weight is 230 g/mol. The number of rotatable bonds is 3. The zero-order valence-corrected chi connectivity index (χ0v) is 9.88. The predicted molar refractivity (Wildman–Crippen MR) is 65.6 cm³/mol. The SMILES string of the molecule is CCOC(=O)/C=C/c1cccc2nc(C)cn12. The van der Waals surface area contributed by atoms with Crippen molar-refractivity contribution in [2.45, 2.75) is 13.8 Å². The number of aryl methyl sites for hydroxylation is 1. The Bertz CT molecular complexity index is 570. The van der Waals surface area contributed by atoms with Crippen LogP contribution in [0.25, 0.3) is 11.7 Å². The van der Waals surface area contributed by atoms with Gasteiger partial charge >= 0.3 is 5.97 Å². The minimum atomic E-state index is -0.332. The van der Waals surface area contributed by atoms with Crippen molar-refractivity contribution >= 4 is 17.7 Å². The Morgan fingerprint density at radius 2 is 2.35 bits per heavy atom. The summed E-state index contributed by atoms with van der Waals surface area (Å²) in [6, 6.07) is 5.76. The summed E-state index contributed by atoms with van der Waals surface area (Å²) < 4.78 is 6.77. The molecule has 17 heavy (non-hydrogen) atoms. The molecule has 0 N–H and O–H groups in total. The molecule has 88 valence electrons. The van der Waals surface area contributed by atoms with Crippen LogP contribution >= 0.6 is 0 Å². The van der Waals surface area contributed by atoms with Crippen LogP contribution in [0.4, 0.5) is 0 Å². The number of fused-ring (bicyclic) bond motifs is 1. The topological polar surface area (TPSA) is 43.6 Å². The highest BCUT2D eigenvalue weighted by molar-refractivity contribution is 5.86. The van der Waals surface area contributed by atoms with Gasteiger partial charge in [-0.3, -0.25) is 0 Å². The Hall–Kier alpha value is -2.10. The molecule has 0 saturated carbocycles. The van der Waals surface area contributed by atoms with Gasteiger partial charge in [0.2, 0.25) is 0 Å². The molecule has 0 spiro atoms. The molecular weight excluding hydrogens is 216 g/mol. The Labute approximate surface area is 99.5 Å². The number of esters is 1. The van der Waals surface area contributed by atoms with Gasteiger partial charge in [0.15, 0.2) is 0 Å². The largest absolute Gasteiger partial charge is 0.463 e. The van der Waals surface area contributed by atoms with Crippen LogP contribution in [0.1, 0.15) is 18.3 Å². The number of hydrogen-bond donors (Lipinski definition) is 0. The molecule has 0 amide bonds. The summed E-state index contributed by atoms with van der Waals surface area (Å²) in [5.74, 6) is -0.332. The standard InChI is InChI=1S/C13H14N2O2/c1-3-17-13(16)8-7-11-5-4-6-12-14-10(2)9-15(11)12/h4-9H,3H2,1-2H3/b8-7+. The molecule has 0 atom stereocenters. The third-order valence-electron chi connectivity index (χ3n) is 2.32. The maximum Gasteiger partial charge on any atom is 0.330 e. The van der Waals surface area contributed by atoms with Crippen molar-refractivity contribution in [2.24, 2.45) is 0 Å². The first-order valence-electron chi connectivity index (χ1n) is 5.50. The van der Waals surface area contributed by atoms with E-state index in [1.165, 1.54) is 6.08 Å². The lowest BCUT2D eigenvalue weighted by Gasteiger charge is -1.99. The highest BCUT2D eigenvalue weighted by atomic mass is 16.5. The van der Waals surface area contributed by atoms with E-state index in [0.717, 1.165) is 17.0 Å². The molecule has 2 rings (SSSR count). The molecule has 2 heterocycles. The number of carbonyl (C=O) groups is 1. The summed E-state index contributed by atoms with van der Waals surface area (Å²) in [6.45, 7) is 4.11. The summed E-state index contributed by atoms with van der Waals surface area (Å²) in [6.07, 6.45) is 5.08. The summed E-state index contributed by atoms with van der Waals surface area (Å²) >= 11 is 0. The van der Waals surface area contributed by atoms with E-state index < -0.39 is 0 Å². The van der Waals surface area contributed by atoms with Gasteiger partial charge < -0.3 is 9.14 Å². The van der Waals surface area contributed by atoms with Gasteiger partial charge in [-0.25, -0.2) is 9.78 Å². The molecule has 0 bridgehead atoms. The van der Waals surface area contributed by atoms with Crippen molar-refractivity contribution in [2.75, 3.05) is 6.61 Å². The van der Waals surface area contributed by atoms with E-state index in [9.17, 15) is 4.79 Å². The molecule has 0 unspecified atom stereocenters. The number of hydrogen-bond acceptors (Lipinski definition) is 3. The summed E-state index contributed by atoms with van der Waals surface area (Å²) in [5.41, 5.74) is 2.71. The molecule has 0 fully saturated rings. The first kappa shape index (κ1) is 11.4. The highest BCUT2D eigenvalue weighted by Gasteiger charge is 2.01. The predicted octanol–water partition coefficient (Wildman–Crippen LogP) is 2.22. The number of imidazole rings is 1. The van der Waals surface area contributed by atoms with Gasteiger partial charge in [0, 0.05) is 18.0 Å². The molecule has 4 heteroatoms. The van der Waals surface area contributed by atoms with Gasteiger partial charge in [0.1, 0.15) is 5.65 Å². The van der Waals surface area contributed by atoms with Gasteiger partial charge in [0.05, 0.1) is 12.3 Å². The Kier molecular flexibility index (Phi) is 3.23. The first-order valence-corrected chi connectivity index (χ1v) is 5.50. The van der Waals surface area contributed by atoms with Crippen LogP contribution in [0.5, 0.6) is 0 Å². The summed E-state index contributed by atoms with van der Waals surface area (Å²) in [7, 11) is 0. The monoisotopic (exact) mass is 230 g/mol. The van der Waals surface area contributed by atoms with Crippen LogP contribution in [-0.4, -0.2) is 22.0 Å². The van der Waals surface area contributed by atoms with Gasteiger partial charge in [-0.1, -0.05) is 6.07 Å². The highest BCUT2D eigenvalue weighted by Crippen LogP contribution is 2.10. The van der Waals surface area contributed by atoms with Crippen molar-refractivity contribution in [1.29, 1.82) is 0 Å². The van der Waals surface area contributed by atoms with Crippen LogP contribution in [0.2, 0.25) is 0 Å². The zero-order chi connectivity index (χ0) is 12.3. The molecule has 0 aliphatic heterocycles. The average Bonchev–Trinajstić information content (AvgIpc) is 2.67. The van der Waals surface area contributed by atoms with Crippen LogP contribution in [0.15, 0.2) is 30.5 Å². The second-order valence-corrected chi connectivity index (χ2v) is 3.65. The van der Waals surface area contributed by atoms with Crippen molar-refractivity contribution < 1.29 is 9.53 Å². The van der Waals surface area contributed by atoms with E-state index >= 15 is 0 Å². The summed E-state index contributed by atoms with van der Waals surface area (Å²) in [5, 5.41) is 0. The lowest BCUT2D eigenvalue weighted by atomic mass is 10.3.